The van der Waals surface area contributed by atoms with E-state index in [0.717, 1.165) is 41.7 Å². The number of aryl methyl sites for hydroxylation is 2. The molecule has 1 N–H and O–H groups in total. The van der Waals surface area contributed by atoms with Gasteiger partial charge >= 0.3 is 0 Å². The van der Waals surface area contributed by atoms with Gasteiger partial charge in [-0.1, -0.05) is 54.9 Å². The van der Waals surface area contributed by atoms with Crippen molar-refractivity contribution in [3.63, 3.8) is 0 Å². The number of nitrogens with zero attached hydrogens (tertiary/aromatic N) is 1. The fourth-order valence-corrected chi connectivity index (χ4v) is 4.35. The largest absolute Gasteiger partial charge is 0.367 e. The highest BCUT2D eigenvalue weighted by molar-refractivity contribution is 9.10. The molecule has 0 saturated carbocycles. The number of benzene rings is 2. The summed E-state index contributed by atoms with van der Waals surface area (Å²) in [4.78, 5) is 15.0. The third-order valence-electron chi connectivity index (χ3n) is 5.25. The average Bonchev–Trinajstić information content (AvgIpc) is 2.59. The minimum Gasteiger partial charge on any atom is -0.367 e. The Bertz CT molecular complexity index is 866. The Morgan fingerprint density at radius 3 is 2.50 bits per heavy atom. The van der Waals surface area contributed by atoms with Crippen LogP contribution in [0.5, 0.6) is 0 Å². The molecule has 2 aromatic carbocycles. The highest BCUT2D eigenvalue weighted by Crippen LogP contribution is 2.38. The van der Waals surface area contributed by atoms with E-state index >= 15 is 0 Å². The summed E-state index contributed by atoms with van der Waals surface area (Å²) in [5.74, 6) is 0.0916. The third-order valence-corrected chi connectivity index (χ3v) is 5.78. The van der Waals surface area contributed by atoms with Gasteiger partial charge in [0.05, 0.1) is 0 Å². The van der Waals surface area contributed by atoms with Crippen LogP contribution in [0.25, 0.3) is 0 Å². The summed E-state index contributed by atoms with van der Waals surface area (Å²) in [6.45, 7) is 12.5. The molecule has 1 heterocycles. The van der Waals surface area contributed by atoms with Crippen LogP contribution in [0.1, 0.15) is 55.9 Å². The van der Waals surface area contributed by atoms with Gasteiger partial charge in [0.1, 0.15) is 0 Å². The number of anilines is 2. The number of carbonyl (C=O) groups is 1. The first-order valence-corrected chi connectivity index (χ1v) is 10.9. The molecule has 2 aromatic rings. The summed E-state index contributed by atoms with van der Waals surface area (Å²) < 4.78 is 1.10. The monoisotopic (exact) mass is 442 g/mol. The van der Waals surface area contributed by atoms with E-state index in [1.807, 2.05) is 0 Å². The molecule has 0 unspecified atom stereocenters. The molecule has 3 rings (SSSR count). The number of carbonyl (C=O) groups excluding carboxylic acids is 1. The van der Waals surface area contributed by atoms with Crippen molar-refractivity contribution in [3.05, 3.63) is 57.1 Å². The summed E-state index contributed by atoms with van der Waals surface area (Å²) in [5.41, 5.74) is 7.30. The second kappa shape index (κ2) is 8.28. The van der Waals surface area contributed by atoms with E-state index in [9.17, 15) is 4.79 Å². The molecular weight excluding hydrogens is 412 g/mol. The molecule has 0 spiro atoms. The number of nitrogens with one attached hydrogen (secondary N) is 1. The lowest BCUT2D eigenvalue weighted by Crippen LogP contribution is -2.30. The second-order valence-corrected chi connectivity index (χ2v) is 10.1. The van der Waals surface area contributed by atoms with E-state index in [1.165, 1.54) is 22.4 Å². The average molecular weight is 443 g/mol. The van der Waals surface area contributed by atoms with Crippen molar-refractivity contribution < 1.29 is 4.79 Å². The summed E-state index contributed by atoms with van der Waals surface area (Å²) in [7, 11) is 0. The van der Waals surface area contributed by atoms with Gasteiger partial charge in [-0.2, -0.15) is 0 Å². The van der Waals surface area contributed by atoms with Crippen molar-refractivity contribution in [2.24, 2.45) is 5.41 Å². The molecule has 28 heavy (non-hydrogen) atoms. The highest BCUT2D eigenvalue weighted by atomic mass is 79.9. The van der Waals surface area contributed by atoms with Gasteiger partial charge < -0.3 is 10.2 Å². The molecule has 150 valence electrons. The molecule has 0 saturated heterocycles. The predicted molar refractivity (Wildman–Crippen MR) is 122 cm³/mol. The Morgan fingerprint density at radius 1 is 1.18 bits per heavy atom. The molecule has 0 radical (unpaired) electrons. The maximum atomic E-state index is 12.6. The Balaban J connectivity index is 1.91. The summed E-state index contributed by atoms with van der Waals surface area (Å²) >= 11 is 3.52. The molecular formula is C24H31BrN2O. The fourth-order valence-electron chi connectivity index (χ4n) is 4.09. The molecule has 0 aromatic heterocycles. The molecule has 0 atom stereocenters. The summed E-state index contributed by atoms with van der Waals surface area (Å²) in [5, 5.41) is 3.21. The van der Waals surface area contributed by atoms with E-state index < -0.39 is 0 Å². The summed E-state index contributed by atoms with van der Waals surface area (Å²) in [6, 6.07) is 10.8. The van der Waals surface area contributed by atoms with Gasteiger partial charge in [0.15, 0.2) is 0 Å². The van der Waals surface area contributed by atoms with Crippen molar-refractivity contribution in [2.45, 2.75) is 60.4 Å². The minimum absolute atomic E-state index is 0.0201. The molecule has 1 amide bonds. The Labute approximate surface area is 177 Å². The molecule has 0 bridgehead atoms. The first-order valence-electron chi connectivity index (χ1n) is 10.1. The van der Waals surface area contributed by atoms with Gasteiger partial charge in [-0.25, -0.2) is 0 Å². The van der Waals surface area contributed by atoms with Crippen molar-refractivity contribution >= 4 is 33.2 Å². The Kier molecular flexibility index (Phi) is 6.18. The Hall–Kier alpha value is -1.81. The zero-order chi connectivity index (χ0) is 20.5. The number of amides is 1. The minimum atomic E-state index is -0.0201. The molecule has 3 nitrogen and oxygen atoms in total. The number of halogens is 1. The van der Waals surface area contributed by atoms with Gasteiger partial charge in [0.2, 0.25) is 5.91 Å². The van der Waals surface area contributed by atoms with Crippen LogP contribution in [0, 0.1) is 19.3 Å². The first-order chi connectivity index (χ1) is 13.1. The van der Waals surface area contributed by atoms with E-state index in [0.29, 0.717) is 6.42 Å². The van der Waals surface area contributed by atoms with Crippen molar-refractivity contribution in [2.75, 3.05) is 16.8 Å². The maximum absolute atomic E-state index is 12.6. The second-order valence-electron chi connectivity index (χ2n) is 9.14. The molecule has 4 heteroatoms. The van der Waals surface area contributed by atoms with Crippen LogP contribution in [-0.2, 0) is 17.8 Å². The zero-order valence-electron chi connectivity index (χ0n) is 17.7. The maximum Gasteiger partial charge on any atom is 0.224 e. The quantitative estimate of drug-likeness (QED) is 0.594. The van der Waals surface area contributed by atoms with Gasteiger partial charge in [0.25, 0.3) is 0 Å². The Morgan fingerprint density at radius 2 is 1.86 bits per heavy atom. The normalized spacial score (nSPS) is 14.0. The molecule has 0 fully saturated rings. The molecule has 1 aliphatic heterocycles. The molecule has 0 aliphatic carbocycles. The van der Waals surface area contributed by atoms with E-state index in [-0.39, 0.29) is 11.3 Å². The fraction of sp³-hybridized carbons (Fsp3) is 0.458. The van der Waals surface area contributed by atoms with Crippen LogP contribution in [0.15, 0.2) is 34.8 Å². The van der Waals surface area contributed by atoms with Crippen LogP contribution in [-0.4, -0.2) is 12.5 Å². The van der Waals surface area contributed by atoms with Gasteiger partial charge in [0, 0.05) is 35.4 Å². The van der Waals surface area contributed by atoms with Crippen LogP contribution in [0.3, 0.4) is 0 Å². The number of rotatable bonds is 4. The highest BCUT2D eigenvalue weighted by Gasteiger charge is 2.24. The van der Waals surface area contributed by atoms with E-state index in [1.54, 1.807) is 0 Å². The van der Waals surface area contributed by atoms with Crippen LogP contribution < -0.4 is 10.2 Å². The number of hydrogen-bond donors (Lipinski definition) is 1. The van der Waals surface area contributed by atoms with E-state index in [2.05, 4.69) is 91.1 Å². The predicted octanol–water partition coefficient (Wildman–Crippen LogP) is 6.39. The van der Waals surface area contributed by atoms with Crippen LogP contribution >= 0.6 is 15.9 Å². The summed E-state index contributed by atoms with van der Waals surface area (Å²) in [6.07, 6.45) is 2.79. The van der Waals surface area contributed by atoms with Gasteiger partial charge in [-0.15, -0.1) is 0 Å². The van der Waals surface area contributed by atoms with Gasteiger partial charge in [-0.3, -0.25) is 4.79 Å². The molecule has 1 aliphatic rings. The SMILES string of the molecule is Cc1cc2c(c(C)c1NC(=O)CC(C)(C)C)N(Cc1ccc(Br)cc1)CCC2. The zero-order valence-corrected chi connectivity index (χ0v) is 19.2. The standard InChI is InChI=1S/C24H31BrN2O/c1-16-13-19-7-6-12-27(15-18-8-10-20(25)11-9-18)23(19)17(2)22(16)26-21(28)14-24(3,4)5/h8-11,13H,6-7,12,14-15H2,1-5H3,(H,26,28). The van der Waals surface area contributed by atoms with Crippen LogP contribution in [0.4, 0.5) is 11.4 Å². The lowest BCUT2D eigenvalue weighted by Gasteiger charge is -2.34. The number of fused-ring (bicyclic) bond motifs is 1. The van der Waals surface area contributed by atoms with E-state index in [4.69, 9.17) is 0 Å². The lowest BCUT2D eigenvalue weighted by molar-refractivity contribution is -0.117. The van der Waals surface area contributed by atoms with Crippen LogP contribution in [0.2, 0.25) is 0 Å². The van der Waals surface area contributed by atoms with Gasteiger partial charge in [-0.05, 0) is 66.5 Å². The van der Waals surface area contributed by atoms with Crippen molar-refractivity contribution in [1.29, 1.82) is 0 Å². The smallest absolute Gasteiger partial charge is 0.224 e. The third kappa shape index (κ3) is 4.96. The first kappa shape index (κ1) is 20.9. The topological polar surface area (TPSA) is 32.3 Å². The van der Waals surface area contributed by atoms with Crippen molar-refractivity contribution in [1.82, 2.24) is 0 Å². The number of hydrogen-bond acceptors (Lipinski definition) is 2. The van der Waals surface area contributed by atoms with Crippen molar-refractivity contribution in [3.8, 4) is 0 Å². The lowest BCUT2D eigenvalue weighted by atomic mass is 9.91.